The summed E-state index contributed by atoms with van der Waals surface area (Å²) < 4.78 is 45.1. The van der Waals surface area contributed by atoms with Crippen LogP contribution in [0.15, 0.2) is 42.5 Å². The first-order chi connectivity index (χ1) is 11.8. The number of methoxy groups -OCH3 is 1. The van der Waals surface area contributed by atoms with E-state index in [1.54, 1.807) is 30.3 Å². The summed E-state index contributed by atoms with van der Waals surface area (Å²) in [6.45, 7) is 1.37. The van der Waals surface area contributed by atoms with Gasteiger partial charge in [0.25, 0.3) is 5.91 Å². The molecule has 0 bridgehead atoms. The molecular formula is C18H16F3NO3. The van der Waals surface area contributed by atoms with Crippen molar-refractivity contribution in [1.29, 1.82) is 0 Å². The van der Waals surface area contributed by atoms with E-state index in [2.05, 4.69) is 4.74 Å². The number of nitrogens with zero attached hydrogens (tertiary/aromatic N) is 1. The first-order valence-corrected chi connectivity index (χ1v) is 7.42. The third kappa shape index (κ3) is 4.17. The summed E-state index contributed by atoms with van der Waals surface area (Å²) in [6.07, 6.45) is 0. The lowest BCUT2D eigenvalue weighted by atomic mass is 10.1. The maximum Gasteiger partial charge on any atom is 0.328 e. The zero-order valence-corrected chi connectivity index (χ0v) is 13.6. The minimum atomic E-state index is -1.40. The topological polar surface area (TPSA) is 46.6 Å². The average molecular weight is 351 g/mol. The summed E-state index contributed by atoms with van der Waals surface area (Å²) in [5.74, 6) is -5.62. The Morgan fingerprint density at radius 3 is 2.24 bits per heavy atom. The fourth-order valence-corrected chi connectivity index (χ4v) is 2.30. The van der Waals surface area contributed by atoms with Crippen molar-refractivity contribution in [3.63, 3.8) is 0 Å². The highest BCUT2D eigenvalue weighted by Gasteiger charge is 2.30. The van der Waals surface area contributed by atoms with Gasteiger partial charge in [0.05, 0.1) is 12.7 Å². The molecule has 0 spiro atoms. The van der Waals surface area contributed by atoms with E-state index in [1.165, 1.54) is 6.92 Å². The molecule has 25 heavy (non-hydrogen) atoms. The van der Waals surface area contributed by atoms with Gasteiger partial charge >= 0.3 is 5.97 Å². The van der Waals surface area contributed by atoms with Crippen molar-refractivity contribution in [1.82, 2.24) is 4.90 Å². The van der Waals surface area contributed by atoms with Gasteiger partial charge in [-0.25, -0.2) is 18.0 Å². The molecule has 0 aliphatic heterocycles. The number of benzene rings is 2. The van der Waals surface area contributed by atoms with E-state index in [9.17, 15) is 22.8 Å². The van der Waals surface area contributed by atoms with Crippen LogP contribution in [0.3, 0.4) is 0 Å². The molecule has 0 saturated carbocycles. The number of esters is 1. The second-order valence-electron chi connectivity index (χ2n) is 5.36. The second kappa shape index (κ2) is 7.83. The van der Waals surface area contributed by atoms with Crippen molar-refractivity contribution >= 4 is 11.9 Å². The molecule has 1 atom stereocenters. The Bertz CT molecular complexity index is 781. The summed E-state index contributed by atoms with van der Waals surface area (Å²) in [5, 5.41) is 0. The van der Waals surface area contributed by atoms with Crippen molar-refractivity contribution in [2.24, 2.45) is 0 Å². The smallest absolute Gasteiger partial charge is 0.328 e. The normalized spacial score (nSPS) is 11.7. The molecule has 2 aromatic carbocycles. The summed E-state index contributed by atoms with van der Waals surface area (Å²) in [7, 11) is 1.15. The minimum Gasteiger partial charge on any atom is -0.467 e. The number of carbonyl (C=O) groups is 2. The monoisotopic (exact) mass is 351 g/mol. The van der Waals surface area contributed by atoms with Crippen LogP contribution in [-0.2, 0) is 16.1 Å². The molecule has 132 valence electrons. The molecule has 0 saturated heterocycles. The molecule has 0 aliphatic carbocycles. The second-order valence-corrected chi connectivity index (χ2v) is 5.36. The van der Waals surface area contributed by atoms with Crippen LogP contribution in [0.2, 0.25) is 0 Å². The predicted octanol–water partition coefficient (Wildman–Crippen LogP) is 3.31. The van der Waals surface area contributed by atoms with Gasteiger partial charge in [-0.3, -0.25) is 4.79 Å². The molecule has 0 heterocycles. The number of carbonyl (C=O) groups excluding carboxylic acids is 2. The first kappa shape index (κ1) is 18.5. The quantitative estimate of drug-likeness (QED) is 0.613. The minimum absolute atomic E-state index is 0.0334. The fourth-order valence-electron chi connectivity index (χ4n) is 2.30. The van der Waals surface area contributed by atoms with E-state index in [0.29, 0.717) is 17.7 Å². The molecule has 2 rings (SSSR count). The number of rotatable bonds is 5. The largest absolute Gasteiger partial charge is 0.467 e. The Morgan fingerprint density at radius 1 is 1.04 bits per heavy atom. The van der Waals surface area contributed by atoms with E-state index in [-0.39, 0.29) is 6.54 Å². The number of ether oxygens (including phenoxy) is 1. The van der Waals surface area contributed by atoms with E-state index < -0.39 is 40.9 Å². The lowest BCUT2D eigenvalue weighted by molar-refractivity contribution is -0.145. The van der Waals surface area contributed by atoms with Crippen molar-refractivity contribution < 1.29 is 27.5 Å². The van der Waals surface area contributed by atoms with Crippen LogP contribution in [0, 0.1) is 17.5 Å². The van der Waals surface area contributed by atoms with Gasteiger partial charge < -0.3 is 9.64 Å². The SMILES string of the molecule is COC(=O)[C@@H](C)N(Cc1ccccc1)C(=O)c1cc(F)c(F)cc1F. The molecule has 0 aromatic heterocycles. The molecule has 0 aliphatic rings. The van der Waals surface area contributed by atoms with Gasteiger partial charge in [-0.2, -0.15) is 0 Å². The van der Waals surface area contributed by atoms with Crippen molar-refractivity contribution in [3.05, 3.63) is 71.0 Å². The highest BCUT2D eigenvalue weighted by molar-refractivity contribution is 5.97. The lowest BCUT2D eigenvalue weighted by Gasteiger charge is -2.28. The van der Waals surface area contributed by atoms with E-state index >= 15 is 0 Å². The Balaban J connectivity index is 2.42. The van der Waals surface area contributed by atoms with E-state index in [4.69, 9.17) is 0 Å². The molecule has 0 unspecified atom stereocenters. The van der Waals surface area contributed by atoms with Gasteiger partial charge in [0.1, 0.15) is 11.9 Å². The van der Waals surface area contributed by atoms with Gasteiger partial charge in [-0.05, 0) is 18.6 Å². The summed E-state index contributed by atoms with van der Waals surface area (Å²) >= 11 is 0. The number of halogens is 3. The third-order valence-corrected chi connectivity index (χ3v) is 3.71. The molecule has 0 fully saturated rings. The molecule has 2 aromatic rings. The fraction of sp³-hybridized carbons (Fsp3) is 0.222. The molecule has 0 radical (unpaired) electrons. The molecule has 0 N–H and O–H groups in total. The van der Waals surface area contributed by atoms with Crippen LogP contribution in [0.25, 0.3) is 0 Å². The molecule has 1 amide bonds. The Labute approximate surface area is 142 Å². The molecule has 7 heteroatoms. The van der Waals surface area contributed by atoms with Crippen LogP contribution in [0.1, 0.15) is 22.8 Å². The van der Waals surface area contributed by atoms with Gasteiger partial charge in [-0.1, -0.05) is 30.3 Å². The van der Waals surface area contributed by atoms with Crippen LogP contribution in [0.5, 0.6) is 0 Å². The Morgan fingerprint density at radius 2 is 1.64 bits per heavy atom. The van der Waals surface area contributed by atoms with Gasteiger partial charge in [0.2, 0.25) is 0 Å². The van der Waals surface area contributed by atoms with Crippen molar-refractivity contribution in [3.8, 4) is 0 Å². The number of amides is 1. The van der Waals surface area contributed by atoms with Crippen LogP contribution >= 0.6 is 0 Å². The van der Waals surface area contributed by atoms with Gasteiger partial charge in [0, 0.05) is 12.6 Å². The van der Waals surface area contributed by atoms with E-state index in [1.807, 2.05) is 0 Å². The number of hydrogen-bond acceptors (Lipinski definition) is 3. The summed E-state index contributed by atoms with van der Waals surface area (Å²) in [4.78, 5) is 25.6. The van der Waals surface area contributed by atoms with E-state index in [0.717, 1.165) is 12.0 Å². The van der Waals surface area contributed by atoms with Gasteiger partial charge in [-0.15, -0.1) is 0 Å². The highest BCUT2D eigenvalue weighted by atomic mass is 19.2. The van der Waals surface area contributed by atoms with Crippen molar-refractivity contribution in [2.45, 2.75) is 19.5 Å². The first-order valence-electron chi connectivity index (χ1n) is 7.42. The zero-order chi connectivity index (χ0) is 18.6. The highest BCUT2D eigenvalue weighted by Crippen LogP contribution is 2.19. The zero-order valence-electron chi connectivity index (χ0n) is 13.6. The maximum atomic E-state index is 14.0. The average Bonchev–Trinajstić information content (AvgIpc) is 2.61. The third-order valence-electron chi connectivity index (χ3n) is 3.71. The number of hydrogen-bond donors (Lipinski definition) is 0. The molecular weight excluding hydrogens is 335 g/mol. The predicted molar refractivity (Wildman–Crippen MR) is 84.1 cm³/mol. The van der Waals surface area contributed by atoms with Crippen LogP contribution in [-0.4, -0.2) is 29.9 Å². The lowest BCUT2D eigenvalue weighted by Crippen LogP contribution is -2.43. The Kier molecular flexibility index (Phi) is 5.80. The maximum absolute atomic E-state index is 14.0. The van der Waals surface area contributed by atoms with Crippen molar-refractivity contribution in [2.75, 3.05) is 7.11 Å². The van der Waals surface area contributed by atoms with Crippen LogP contribution in [0.4, 0.5) is 13.2 Å². The molecule has 4 nitrogen and oxygen atoms in total. The standard InChI is InChI=1S/C18H16F3NO3/c1-11(18(24)25-2)22(10-12-6-4-3-5-7-12)17(23)13-8-15(20)16(21)9-14(13)19/h3-9,11H,10H2,1-2H3/t11-/m1/s1. The summed E-state index contributed by atoms with van der Waals surface area (Å²) in [5.41, 5.74) is 0.0141. The van der Waals surface area contributed by atoms with Crippen LogP contribution < -0.4 is 0 Å². The summed E-state index contributed by atoms with van der Waals surface area (Å²) in [6, 6.07) is 8.40. The Hall–Kier alpha value is -2.83. The van der Waals surface area contributed by atoms with Gasteiger partial charge in [0.15, 0.2) is 11.6 Å².